The number of hydrogen-bond donors (Lipinski definition) is 2. The van der Waals surface area contributed by atoms with Crippen molar-refractivity contribution < 1.29 is 23.8 Å². The zero-order valence-corrected chi connectivity index (χ0v) is 8.92. The lowest BCUT2D eigenvalue weighted by Crippen LogP contribution is -2.19. The highest BCUT2D eigenvalue weighted by molar-refractivity contribution is 5.68. The van der Waals surface area contributed by atoms with Crippen LogP contribution in [-0.2, 0) is 10.7 Å². The van der Waals surface area contributed by atoms with Gasteiger partial charge in [-0.25, -0.2) is 8.78 Å². The van der Waals surface area contributed by atoms with Crippen LogP contribution in [0.3, 0.4) is 0 Å². The topological polar surface area (TPSA) is 57.5 Å². The summed E-state index contributed by atoms with van der Waals surface area (Å²) in [5.41, 5.74) is 0.614. The molecule has 0 saturated heterocycles. The maximum Gasteiger partial charge on any atom is 0.309 e. The average molecular weight is 230 g/mol. The SMILES string of the molecule is Cc1cc(O)c(C(F)(F)CC(=O)O)cc1C. The van der Waals surface area contributed by atoms with Crippen molar-refractivity contribution in [3.63, 3.8) is 0 Å². The van der Waals surface area contributed by atoms with Gasteiger partial charge in [-0.05, 0) is 37.1 Å². The number of carboxylic acid groups (broad SMARTS) is 1. The molecule has 0 amide bonds. The molecule has 5 heteroatoms. The van der Waals surface area contributed by atoms with Gasteiger partial charge >= 0.3 is 5.97 Å². The monoisotopic (exact) mass is 230 g/mol. The second kappa shape index (κ2) is 4.08. The lowest BCUT2D eigenvalue weighted by molar-refractivity contribution is -0.145. The maximum absolute atomic E-state index is 13.4. The number of halogens is 2. The predicted octanol–water partition coefficient (Wildman–Crippen LogP) is 2.58. The molecule has 3 nitrogen and oxygen atoms in total. The van der Waals surface area contributed by atoms with Crippen molar-refractivity contribution in [2.45, 2.75) is 26.2 Å². The van der Waals surface area contributed by atoms with Crippen molar-refractivity contribution in [2.24, 2.45) is 0 Å². The molecule has 0 aliphatic rings. The first-order chi connectivity index (χ1) is 7.24. The Bertz CT molecular complexity index is 427. The molecular weight excluding hydrogens is 218 g/mol. The van der Waals surface area contributed by atoms with Crippen LogP contribution in [0.1, 0.15) is 23.1 Å². The van der Waals surface area contributed by atoms with Crippen LogP contribution in [0.25, 0.3) is 0 Å². The third kappa shape index (κ3) is 2.48. The van der Waals surface area contributed by atoms with E-state index in [1.165, 1.54) is 6.07 Å². The summed E-state index contributed by atoms with van der Waals surface area (Å²) < 4.78 is 26.9. The maximum atomic E-state index is 13.4. The van der Waals surface area contributed by atoms with E-state index >= 15 is 0 Å². The summed E-state index contributed by atoms with van der Waals surface area (Å²) in [6.07, 6.45) is -1.33. The smallest absolute Gasteiger partial charge is 0.309 e. The van der Waals surface area contributed by atoms with Crippen LogP contribution in [0, 0.1) is 13.8 Å². The summed E-state index contributed by atoms with van der Waals surface area (Å²) in [5.74, 6) is -5.74. The van der Waals surface area contributed by atoms with Gasteiger partial charge in [-0.2, -0.15) is 0 Å². The van der Waals surface area contributed by atoms with E-state index in [0.717, 1.165) is 6.07 Å². The fourth-order valence-corrected chi connectivity index (χ4v) is 1.38. The molecule has 0 saturated carbocycles. The molecule has 0 bridgehead atoms. The van der Waals surface area contributed by atoms with Gasteiger partial charge in [0.2, 0.25) is 0 Å². The van der Waals surface area contributed by atoms with Crippen molar-refractivity contribution in [2.75, 3.05) is 0 Å². The van der Waals surface area contributed by atoms with Crippen LogP contribution >= 0.6 is 0 Å². The Labute approximate surface area is 91.3 Å². The Morgan fingerprint density at radius 3 is 2.31 bits per heavy atom. The number of aromatic hydroxyl groups is 1. The van der Waals surface area contributed by atoms with E-state index in [4.69, 9.17) is 5.11 Å². The molecule has 16 heavy (non-hydrogen) atoms. The van der Waals surface area contributed by atoms with Gasteiger partial charge in [0, 0.05) is 0 Å². The number of phenols is 1. The standard InChI is InChI=1S/C11H12F2O3/c1-6-3-8(9(14)4-7(6)2)11(12,13)5-10(15)16/h3-4,14H,5H2,1-2H3,(H,15,16). The Hall–Kier alpha value is -1.65. The van der Waals surface area contributed by atoms with Gasteiger partial charge in [-0.15, -0.1) is 0 Å². The molecule has 0 aliphatic carbocycles. The fraction of sp³-hybridized carbons (Fsp3) is 0.364. The summed E-state index contributed by atoms with van der Waals surface area (Å²) >= 11 is 0. The molecule has 0 aliphatic heterocycles. The minimum atomic E-state index is -3.56. The van der Waals surface area contributed by atoms with Gasteiger partial charge < -0.3 is 10.2 Å². The van der Waals surface area contributed by atoms with Crippen LogP contribution in [-0.4, -0.2) is 16.2 Å². The number of alkyl halides is 2. The summed E-state index contributed by atoms with van der Waals surface area (Å²) in [7, 11) is 0. The quantitative estimate of drug-likeness (QED) is 0.839. The lowest BCUT2D eigenvalue weighted by atomic mass is 9.99. The number of hydrogen-bond acceptors (Lipinski definition) is 2. The number of aryl methyl sites for hydroxylation is 2. The number of rotatable bonds is 3. The Kier molecular flexibility index (Phi) is 3.16. The summed E-state index contributed by atoms with van der Waals surface area (Å²) in [4.78, 5) is 10.3. The second-order valence-corrected chi connectivity index (χ2v) is 3.73. The highest BCUT2D eigenvalue weighted by Crippen LogP contribution is 2.38. The van der Waals surface area contributed by atoms with Crippen molar-refractivity contribution >= 4 is 5.97 Å². The van der Waals surface area contributed by atoms with Gasteiger partial charge in [-0.3, -0.25) is 4.79 Å². The predicted molar refractivity (Wildman–Crippen MR) is 53.7 cm³/mol. The van der Waals surface area contributed by atoms with Crippen molar-refractivity contribution in [3.05, 3.63) is 28.8 Å². The van der Waals surface area contributed by atoms with Crippen molar-refractivity contribution in [1.82, 2.24) is 0 Å². The molecule has 0 fully saturated rings. The average Bonchev–Trinajstić information content (AvgIpc) is 2.08. The molecule has 1 aromatic carbocycles. The van der Waals surface area contributed by atoms with Gasteiger partial charge in [-0.1, -0.05) is 0 Å². The molecule has 1 aromatic rings. The van der Waals surface area contributed by atoms with Gasteiger partial charge in [0.1, 0.15) is 12.2 Å². The van der Waals surface area contributed by atoms with Crippen LogP contribution in [0.4, 0.5) is 8.78 Å². The van der Waals surface area contributed by atoms with E-state index in [9.17, 15) is 18.7 Å². The molecule has 0 spiro atoms. The van der Waals surface area contributed by atoms with E-state index in [-0.39, 0.29) is 0 Å². The number of aliphatic carboxylic acids is 1. The highest BCUT2D eigenvalue weighted by Gasteiger charge is 2.37. The summed E-state index contributed by atoms with van der Waals surface area (Å²) in [6.45, 7) is 3.29. The second-order valence-electron chi connectivity index (χ2n) is 3.73. The molecule has 88 valence electrons. The van der Waals surface area contributed by atoms with Gasteiger partial charge in [0.15, 0.2) is 0 Å². The highest BCUT2D eigenvalue weighted by atomic mass is 19.3. The first-order valence-electron chi connectivity index (χ1n) is 4.64. The number of carboxylic acids is 1. The molecule has 0 unspecified atom stereocenters. The molecular formula is C11H12F2O3. The minimum Gasteiger partial charge on any atom is -0.507 e. The number of benzene rings is 1. The van der Waals surface area contributed by atoms with E-state index in [2.05, 4.69) is 0 Å². The Balaban J connectivity index is 3.22. The van der Waals surface area contributed by atoms with Crippen LogP contribution in [0.2, 0.25) is 0 Å². The van der Waals surface area contributed by atoms with E-state index in [1.54, 1.807) is 13.8 Å². The lowest BCUT2D eigenvalue weighted by Gasteiger charge is -2.17. The summed E-state index contributed by atoms with van der Waals surface area (Å²) in [5, 5.41) is 17.8. The first-order valence-corrected chi connectivity index (χ1v) is 4.64. The minimum absolute atomic E-state index is 0.575. The van der Waals surface area contributed by atoms with Crippen LogP contribution in [0.15, 0.2) is 12.1 Å². The van der Waals surface area contributed by atoms with Crippen molar-refractivity contribution in [1.29, 1.82) is 0 Å². The third-order valence-corrected chi connectivity index (χ3v) is 2.38. The normalized spacial score (nSPS) is 11.5. The van der Waals surface area contributed by atoms with E-state index in [0.29, 0.717) is 11.1 Å². The Morgan fingerprint density at radius 2 is 1.81 bits per heavy atom. The molecule has 0 heterocycles. The van der Waals surface area contributed by atoms with Crippen LogP contribution < -0.4 is 0 Å². The van der Waals surface area contributed by atoms with E-state index in [1.807, 2.05) is 0 Å². The zero-order valence-electron chi connectivity index (χ0n) is 8.92. The van der Waals surface area contributed by atoms with E-state index < -0.39 is 29.6 Å². The van der Waals surface area contributed by atoms with Gasteiger partial charge in [0.25, 0.3) is 5.92 Å². The number of carbonyl (C=O) groups is 1. The molecule has 0 atom stereocenters. The van der Waals surface area contributed by atoms with Gasteiger partial charge in [0.05, 0.1) is 5.56 Å². The fourth-order valence-electron chi connectivity index (χ4n) is 1.38. The molecule has 0 aromatic heterocycles. The molecule has 2 N–H and O–H groups in total. The molecule has 1 rings (SSSR count). The summed E-state index contributed by atoms with van der Waals surface area (Å²) in [6, 6.07) is 2.33. The number of phenolic OH excluding ortho intramolecular Hbond substituents is 1. The first kappa shape index (κ1) is 12.4. The largest absolute Gasteiger partial charge is 0.507 e. The van der Waals surface area contributed by atoms with Crippen LogP contribution in [0.5, 0.6) is 5.75 Å². The molecule has 0 radical (unpaired) electrons. The zero-order chi connectivity index (χ0) is 12.5. The van der Waals surface area contributed by atoms with Crippen molar-refractivity contribution in [3.8, 4) is 5.75 Å². The Morgan fingerprint density at radius 1 is 1.31 bits per heavy atom. The third-order valence-electron chi connectivity index (χ3n) is 2.38.